The normalized spacial score (nSPS) is 13.3. The standard InChI is InChI=1S/C19H16BrCl2NO3/c1-11-6-15-17(16(20)7-11)23(19(25)18(15)24)4-2-3-5-26-14-9-12(21)8-13(22)10-14/h6-10H,2-5H2,1H3. The Labute approximate surface area is 170 Å². The van der Waals surface area contributed by atoms with Gasteiger partial charge in [-0.3, -0.25) is 9.59 Å². The van der Waals surface area contributed by atoms with Crippen LogP contribution in [0.25, 0.3) is 0 Å². The number of amides is 1. The van der Waals surface area contributed by atoms with Crippen LogP contribution in [0.15, 0.2) is 34.8 Å². The molecule has 0 unspecified atom stereocenters. The number of ether oxygens (including phenoxy) is 1. The fourth-order valence-electron chi connectivity index (χ4n) is 2.91. The van der Waals surface area contributed by atoms with Gasteiger partial charge in [0.05, 0.1) is 17.9 Å². The molecule has 2 aromatic carbocycles. The van der Waals surface area contributed by atoms with E-state index in [0.717, 1.165) is 16.5 Å². The lowest BCUT2D eigenvalue weighted by molar-refractivity contribution is -0.114. The molecule has 0 atom stereocenters. The Bertz CT molecular complexity index is 865. The number of Topliss-reactive ketones (excluding diaryl/α,β-unsaturated/α-hetero) is 1. The Balaban J connectivity index is 1.57. The summed E-state index contributed by atoms with van der Waals surface area (Å²) in [5, 5.41) is 1.04. The molecule has 1 amide bonds. The van der Waals surface area contributed by atoms with Crippen molar-refractivity contribution in [2.45, 2.75) is 19.8 Å². The van der Waals surface area contributed by atoms with Gasteiger partial charge in [-0.05, 0) is 71.6 Å². The second-order valence-electron chi connectivity index (χ2n) is 6.09. The molecule has 1 aliphatic rings. The van der Waals surface area contributed by atoms with E-state index in [4.69, 9.17) is 27.9 Å². The lowest BCUT2D eigenvalue weighted by atomic mass is 10.1. The zero-order valence-electron chi connectivity index (χ0n) is 14.0. The molecular weight excluding hydrogens is 441 g/mol. The van der Waals surface area contributed by atoms with Crippen molar-refractivity contribution < 1.29 is 14.3 Å². The number of fused-ring (bicyclic) bond motifs is 1. The van der Waals surface area contributed by atoms with Crippen molar-refractivity contribution in [2.24, 2.45) is 0 Å². The Morgan fingerprint density at radius 1 is 1.04 bits per heavy atom. The molecule has 4 nitrogen and oxygen atoms in total. The van der Waals surface area contributed by atoms with Gasteiger partial charge >= 0.3 is 0 Å². The molecule has 7 heteroatoms. The fourth-order valence-corrected chi connectivity index (χ4v) is 4.20. The van der Waals surface area contributed by atoms with Crippen LogP contribution < -0.4 is 9.64 Å². The first-order chi connectivity index (χ1) is 12.4. The first-order valence-electron chi connectivity index (χ1n) is 8.12. The molecule has 0 saturated carbocycles. The van der Waals surface area contributed by atoms with E-state index in [9.17, 15) is 9.59 Å². The molecule has 136 valence electrons. The lowest BCUT2D eigenvalue weighted by Gasteiger charge is -2.18. The number of carbonyl (C=O) groups excluding carboxylic acids is 2. The third kappa shape index (κ3) is 4.05. The SMILES string of the molecule is Cc1cc(Br)c2c(c1)C(=O)C(=O)N2CCCCOc1cc(Cl)cc(Cl)c1. The van der Waals surface area contributed by atoms with Gasteiger partial charge in [-0.1, -0.05) is 23.2 Å². The highest BCUT2D eigenvalue weighted by Gasteiger charge is 2.37. The number of benzene rings is 2. The topological polar surface area (TPSA) is 46.6 Å². The average Bonchev–Trinajstić information content (AvgIpc) is 2.79. The van der Waals surface area contributed by atoms with Crippen LogP contribution in [0.2, 0.25) is 10.0 Å². The highest BCUT2D eigenvalue weighted by molar-refractivity contribution is 9.10. The molecule has 26 heavy (non-hydrogen) atoms. The number of rotatable bonds is 6. The highest BCUT2D eigenvalue weighted by atomic mass is 79.9. The number of hydrogen-bond acceptors (Lipinski definition) is 3. The van der Waals surface area contributed by atoms with E-state index in [0.29, 0.717) is 46.6 Å². The van der Waals surface area contributed by atoms with E-state index in [1.165, 1.54) is 4.90 Å². The molecule has 0 N–H and O–H groups in total. The largest absolute Gasteiger partial charge is 0.493 e. The summed E-state index contributed by atoms with van der Waals surface area (Å²) in [5.41, 5.74) is 2.06. The molecule has 0 aliphatic carbocycles. The summed E-state index contributed by atoms with van der Waals surface area (Å²) in [7, 11) is 0. The van der Waals surface area contributed by atoms with Gasteiger partial charge in [0, 0.05) is 21.1 Å². The van der Waals surface area contributed by atoms with Crippen molar-refractivity contribution in [3.8, 4) is 5.75 Å². The van der Waals surface area contributed by atoms with Gasteiger partial charge in [-0.25, -0.2) is 0 Å². The Morgan fingerprint density at radius 2 is 1.73 bits per heavy atom. The van der Waals surface area contributed by atoms with Crippen molar-refractivity contribution in [1.29, 1.82) is 0 Å². The second kappa shape index (κ2) is 7.99. The summed E-state index contributed by atoms with van der Waals surface area (Å²) in [4.78, 5) is 26.0. The number of carbonyl (C=O) groups is 2. The third-order valence-corrected chi connectivity index (χ3v) is 5.08. The van der Waals surface area contributed by atoms with E-state index in [2.05, 4.69) is 15.9 Å². The number of hydrogen-bond donors (Lipinski definition) is 0. The van der Waals surface area contributed by atoms with Crippen LogP contribution in [-0.4, -0.2) is 24.8 Å². The van der Waals surface area contributed by atoms with Crippen molar-refractivity contribution in [3.63, 3.8) is 0 Å². The summed E-state index contributed by atoms with van der Waals surface area (Å²) < 4.78 is 6.40. The maximum Gasteiger partial charge on any atom is 0.299 e. The van der Waals surface area contributed by atoms with Gasteiger partial charge in [0.25, 0.3) is 11.7 Å². The molecule has 2 aromatic rings. The minimum Gasteiger partial charge on any atom is -0.493 e. The Kier molecular flexibility index (Phi) is 5.90. The van der Waals surface area contributed by atoms with E-state index >= 15 is 0 Å². The van der Waals surface area contributed by atoms with E-state index < -0.39 is 11.7 Å². The number of halogens is 3. The minimum atomic E-state index is -0.478. The van der Waals surface area contributed by atoms with Crippen LogP contribution in [-0.2, 0) is 4.79 Å². The first-order valence-corrected chi connectivity index (χ1v) is 9.67. The molecule has 1 aliphatic heterocycles. The molecule has 3 rings (SSSR count). The maximum atomic E-state index is 12.3. The molecule has 0 aromatic heterocycles. The van der Waals surface area contributed by atoms with Gasteiger partial charge in [0.15, 0.2) is 0 Å². The van der Waals surface area contributed by atoms with Crippen molar-refractivity contribution in [1.82, 2.24) is 0 Å². The van der Waals surface area contributed by atoms with Gasteiger partial charge < -0.3 is 9.64 Å². The Hall–Kier alpha value is -1.56. The number of aryl methyl sites for hydroxylation is 1. The second-order valence-corrected chi connectivity index (χ2v) is 7.82. The van der Waals surface area contributed by atoms with Crippen LogP contribution in [0.1, 0.15) is 28.8 Å². The number of anilines is 1. The number of unbranched alkanes of at least 4 members (excludes halogenated alkanes) is 1. The number of nitrogens with zero attached hydrogens (tertiary/aromatic N) is 1. The molecule has 0 saturated heterocycles. The first kappa shape index (κ1) is 19.2. The molecule has 1 heterocycles. The lowest BCUT2D eigenvalue weighted by Crippen LogP contribution is -2.31. The number of ketones is 1. The monoisotopic (exact) mass is 455 g/mol. The average molecular weight is 457 g/mol. The van der Waals surface area contributed by atoms with E-state index in [-0.39, 0.29) is 0 Å². The molecule has 0 bridgehead atoms. The molecule has 0 radical (unpaired) electrons. The zero-order chi connectivity index (χ0) is 18.8. The maximum absolute atomic E-state index is 12.3. The summed E-state index contributed by atoms with van der Waals surface area (Å²) in [6.45, 7) is 2.82. The van der Waals surface area contributed by atoms with Crippen molar-refractivity contribution in [2.75, 3.05) is 18.1 Å². The quantitative estimate of drug-likeness (QED) is 0.428. The van der Waals surface area contributed by atoms with Crippen LogP contribution in [0, 0.1) is 6.92 Å². The summed E-state index contributed by atoms with van der Waals surface area (Å²) >= 11 is 15.3. The zero-order valence-corrected chi connectivity index (χ0v) is 17.1. The third-order valence-electron chi connectivity index (χ3n) is 4.04. The smallest absolute Gasteiger partial charge is 0.299 e. The fraction of sp³-hybridized carbons (Fsp3) is 0.263. The van der Waals surface area contributed by atoms with E-state index in [1.807, 2.05) is 13.0 Å². The van der Waals surface area contributed by atoms with Crippen LogP contribution in [0.5, 0.6) is 5.75 Å². The molecule has 0 fully saturated rings. The van der Waals surface area contributed by atoms with E-state index in [1.54, 1.807) is 24.3 Å². The van der Waals surface area contributed by atoms with Gasteiger partial charge in [-0.2, -0.15) is 0 Å². The van der Waals surface area contributed by atoms with Crippen LogP contribution in [0.4, 0.5) is 5.69 Å². The summed E-state index contributed by atoms with van der Waals surface area (Å²) in [6.07, 6.45) is 1.42. The summed E-state index contributed by atoms with van der Waals surface area (Å²) in [6, 6.07) is 8.70. The van der Waals surface area contributed by atoms with Crippen molar-refractivity contribution >= 4 is 56.5 Å². The van der Waals surface area contributed by atoms with Crippen LogP contribution >= 0.6 is 39.1 Å². The van der Waals surface area contributed by atoms with Gasteiger partial charge in [0.2, 0.25) is 0 Å². The molecular formula is C19H16BrCl2NO3. The van der Waals surface area contributed by atoms with Gasteiger partial charge in [0.1, 0.15) is 5.75 Å². The highest BCUT2D eigenvalue weighted by Crippen LogP contribution is 2.37. The molecule has 0 spiro atoms. The Morgan fingerprint density at radius 3 is 2.42 bits per heavy atom. The van der Waals surface area contributed by atoms with Crippen molar-refractivity contribution in [3.05, 3.63) is 56.0 Å². The van der Waals surface area contributed by atoms with Crippen LogP contribution in [0.3, 0.4) is 0 Å². The van der Waals surface area contributed by atoms with Gasteiger partial charge in [-0.15, -0.1) is 0 Å². The summed E-state index contributed by atoms with van der Waals surface area (Å²) in [5.74, 6) is -0.318. The minimum absolute atomic E-state index is 0.450. The predicted molar refractivity (Wildman–Crippen MR) is 107 cm³/mol. The predicted octanol–water partition coefficient (Wildman–Crippen LogP) is 5.45.